The normalized spacial score (nSPS) is 9.57. The lowest BCUT2D eigenvalue weighted by Crippen LogP contribution is -1.89. The molecule has 1 aromatic heterocycles. The summed E-state index contributed by atoms with van der Waals surface area (Å²) < 4.78 is 10.3. The van der Waals surface area contributed by atoms with Crippen molar-refractivity contribution in [2.75, 3.05) is 14.2 Å². The Morgan fingerprint density at radius 2 is 1.04 bits per heavy atom. The van der Waals surface area contributed by atoms with Crippen LogP contribution in [0.1, 0.15) is 22.3 Å². The van der Waals surface area contributed by atoms with E-state index in [4.69, 9.17) is 32.7 Å². The van der Waals surface area contributed by atoms with Gasteiger partial charge in [0, 0.05) is 11.1 Å². The van der Waals surface area contributed by atoms with Crippen LogP contribution in [0.15, 0.2) is 54.6 Å². The molecule has 0 unspecified atom stereocenters. The van der Waals surface area contributed by atoms with Gasteiger partial charge in [-0.3, -0.25) is 0 Å². The molecule has 3 aromatic rings. The molecule has 3 rings (SSSR count). The van der Waals surface area contributed by atoms with Gasteiger partial charge in [0.1, 0.15) is 21.8 Å². The molecule has 0 saturated heterocycles. The first-order valence-corrected chi connectivity index (χ1v) is 9.03. The Labute approximate surface area is 174 Å². The highest BCUT2D eigenvalue weighted by atomic mass is 35.5. The summed E-state index contributed by atoms with van der Waals surface area (Å²) in [6.45, 7) is 0. The number of nitrogens with zero attached hydrogens (tertiary/aromatic N) is 1. The standard InChI is InChI=1S/C23H15Cl2NO2/c1-27-20-11-5-16(6-12-20)3-9-18-15-19(23(25)26-22(18)24)10-4-17-7-13-21(28-2)14-8-17/h5-8,11-15H,1-2H3. The molecular weight excluding hydrogens is 393 g/mol. The predicted molar refractivity (Wildman–Crippen MR) is 112 cm³/mol. The number of rotatable bonds is 2. The van der Waals surface area contributed by atoms with Gasteiger partial charge < -0.3 is 9.47 Å². The molecule has 1 heterocycles. The van der Waals surface area contributed by atoms with E-state index in [0.717, 1.165) is 22.6 Å². The third kappa shape index (κ3) is 4.99. The van der Waals surface area contributed by atoms with E-state index in [2.05, 4.69) is 28.7 Å². The molecule has 138 valence electrons. The van der Waals surface area contributed by atoms with Crippen LogP contribution in [0.25, 0.3) is 0 Å². The minimum absolute atomic E-state index is 0.237. The van der Waals surface area contributed by atoms with Crippen LogP contribution in [-0.2, 0) is 0 Å². The third-order valence-corrected chi connectivity index (χ3v) is 4.37. The summed E-state index contributed by atoms with van der Waals surface area (Å²) in [7, 11) is 3.24. The second kappa shape index (κ2) is 9.20. The number of methoxy groups -OCH3 is 2. The topological polar surface area (TPSA) is 31.4 Å². The van der Waals surface area contributed by atoms with Crippen LogP contribution < -0.4 is 9.47 Å². The van der Waals surface area contributed by atoms with Crippen LogP contribution in [0.2, 0.25) is 10.3 Å². The summed E-state index contributed by atoms with van der Waals surface area (Å²) in [6.07, 6.45) is 0. The van der Waals surface area contributed by atoms with E-state index in [9.17, 15) is 0 Å². The van der Waals surface area contributed by atoms with E-state index >= 15 is 0 Å². The van der Waals surface area contributed by atoms with Gasteiger partial charge in [-0.2, -0.15) is 0 Å². The van der Waals surface area contributed by atoms with Crippen molar-refractivity contribution in [1.29, 1.82) is 0 Å². The molecule has 0 N–H and O–H groups in total. The lowest BCUT2D eigenvalue weighted by Gasteiger charge is -2.01. The zero-order valence-corrected chi connectivity index (χ0v) is 16.7. The number of halogens is 2. The summed E-state index contributed by atoms with van der Waals surface area (Å²) in [6, 6.07) is 16.6. The molecule has 5 heteroatoms. The lowest BCUT2D eigenvalue weighted by molar-refractivity contribution is 0.414. The van der Waals surface area contributed by atoms with E-state index in [1.165, 1.54) is 0 Å². The minimum Gasteiger partial charge on any atom is -0.497 e. The average molecular weight is 408 g/mol. The molecule has 0 spiro atoms. The Hall–Kier alpha value is -3.11. The van der Waals surface area contributed by atoms with Crippen molar-refractivity contribution < 1.29 is 9.47 Å². The number of aromatic nitrogens is 1. The SMILES string of the molecule is COc1ccc(C#Cc2cc(C#Cc3ccc(OC)cc3)c(Cl)nc2Cl)cc1. The number of ether oxygens (including phenoxy) is 2. The Kier molecular flexibility index (Phi) is 6.45. The van der Waals surface area contributed by atoms with Gasteiger partial charge >= 0.3 is 0 Å². The second-order valence-corrected chi connectivity index (χ2v) is 6.34. The van der Waals surface area contributed by atoms with Gasteiger partial charge in [-0.1, -0.05) is 46.9 Å². The third-order valence-electron chi connectivity index (χ3n) is 3.79. The van der Waals surface area contributed by atoms with Crippen LogP contribution in [0.5, 0.6) is 11.5 Å². The Morgan fingerprint density at radius 1 is 0.643 bits per heavy atom. The second-order valence-electron chi connectivity index (χ2n) is 5.62. The monoisotopic (exact) mass is 407 g/mol. The van der Waals surface area contributed by atoms with Crippen molar-refractivity contribution in [2.45, 2.75) is 0 Å². The van der Waals surface area contributed by atoms with Gasteiger partial charge in [-0.05, 0) is 54.6 Å². The highest BCUT2D eigenvalue weighted by Crippen LogP contribution is 2.21. The molecule has 0 atom stereocenters. The first-order chi connectivity index (χ1) is 13.6. The Morgan fingerprint density at radius 3 is 1.39 bits per heavy atom. The molecule has 0 aliphatic heterocycles. The molecule has 0 amide bonds. The van der Waals surface area contributed by atoms with Gasteiger partial charge in [-0.15, -0.1) is 0 Å². The molecule has 0 aliphatic carbocycles. The maximum atomic E-state index is 6.19. The van der Waals surface area contributed by atoms with Gasteiger partial charge in [-0.25, -0.2) is 4.98 Å². The molecule has 0 saturated carbocycles. The molecule has 0 bridgehead atoms. The van der Waals surface area contributed by atoms with Crippen LogP contribution in [0, 0.1) is 23.7 Å². The lowest BCUT2D eigenvalue weighted by atomic mass is 10.1. The van der Waals surface area contributed by atoms with Crippen LogP contribution in [0.4, 0.5) is 0 Å². The van der Waals surface area contributed by atoms with Crippen molar-refractivity contribution in [2.24, 2.45) is 0 Å². The largest absolute Gasteiger partial charge is 0.497 e. The number of pyridine rings is 1. The number of benzene rings is 2. The van der Waals surface area contributed by atoms with E-state index in [-0.39, 0.29) is 10.3 Å². The fraction of sp³-hybridized carbons (Fsp3) is 0.0870. The summed E-state index contributed by atoms with van der Waals surface area (Å²) in [5.41, 5.74) is 2.78. The van der Waals surface area contributed by atoms with Crippen molar-refractivity contribution >= 4 is 23.2 Å². The fourth-order valence-electron chi connectivity index (χ4n) is 2.27. The van der Waals surface area contributed by atoms with E-state index < -0.39 is 0 Å². The van der Waals surface area contributed by atoms with Gasteiger partial charge in [0.05, 0.1) is 25.3 Å². The maximum Gasteiger partial charge on any atom is 0.146 e. The van der Waals surface area contributed by atoms with Crippen molar-refractivity contribution in [3.8, 4) is 35.2 Å². The molecular formula is C23H15Cl2NO2. The zero-order chi connectivity index (χ0) is 19.9. The summed E-state index contributed by atoms with van der Waals surface area (Å²) >= 11 is 12.4. The molecule has 2 aromatic carbocycles. The molecule has 28 heavy (non-hydrogen) atoms. The summed E-state index contributed by atoms with van der Waals surface area (Å²) in [4.78, 5) is 4.14. The average Bonchev–Trinajstić information content (AvgIpc) is 2.73. The fourth-order valence-corrected chi connectivity index (χ4v) is 2.69. The van der Waals surface area contributed by atoms with Crippen molar-refractivity contribution in [3.05, 3.63) is 87.2 Å². The first kappa shape index (κ1) is 19.6. The zero-order valence-electron chi connectivity index (χ0n) is 15.2. The van der Waals surface area contributed by atoms with E-state index in [1.54, 1.807) is 20.3 Å². The highest BCUT2D eigenvalue weighted by molar-refractivity contribution is 6.33. The molecule has 0 fully saturated rings. The summed E-state index contributed by atoms with van der Waals surface area (Å²) in [5, 5.41) is 0.474. The van der Waals surface area contributed by atoms with Crippen LogP contribution in [0.3, 0.4) is 0 Å². The van der Waals surface area contributed by atoms with Crippen LogP contribution >= 0.6 is 23.2 Å². The Balaban J connectivity index is 1.88. The van der Waals surface area contributed by atoms with Crippen LogP contribution in [-0.4, -0.2) is 19.2 Å². The first-order valence-electron chi connectivity index (χ1n) is 8.27. The summed E-state index contributed by atoms with van der Waals surface area (Å²) in [5.74, 6) is 13.7. The van der Waals surface area contributed by atoms with Gasteiger partial charge in [0.15, 0.2) is 0 Å². The molecule has 0 aliphatic rings. The van der Waals surface area contributed by atoms with Gasteiger partial charge in [0.25, 0.3) is 0 Å². The predicted octanol–water partition coefficient (Wildman–Crippen LogP) is 5.21. The number of hydrogen-bond donors (Lipinski definition) is 0. The van der Waals surface area contributed by atoms with Crippen molar-refractivity contribution in [3.63, 3.8) is 0 Å². The van der Waals surface area contributed by atoms with Crippen molar-refractivity contribution in [1.82, 2.24) is 4.98 Å². The number of hydrogen-bond acceptors (Lipinski definition) is 3. The minimum atomic E-state index is 0.237. The maximum absolute atomic E-state index is 6.19. The quantitative estimate of drug-likeness (QED) is 0.431. The van der Waals surface area contributed by atoms with E-state index in [0.29, 0.717) is 11.1 Å². The van der Waals surface area contributed by atoms with E-state index in [1.807, 2.05) is 48.5 Å². The van der Waals surface area contributed by atoms with Gasteiger partial charge in [0.2, 0.25) is 0 Å². The smallest absolute Gasteiger partial charge is 0.146 e. The Bertz CT molecular complexity index is 1010. The molecule has 3 nitrogen and oxygen atoms in total. The highest BCUT2D eigenvalue weighted by Gasteiger charge is 2.06. The molecule has 0 radical (unpaired) electrons.